The fraction of sp³-hybridized carbons (Fsp3) is 0.500. The van der Waals surface area contributed by atoms with Crippen LogP contribution < -0.4 is 5.32 Å². The molecule has 1 aliphatic heterocycles. The van der Waals surface area contributed by atoms with Gasteiger partial charge in [-0.15, -0.1) is 0 Å². The molecule has 2 aromatic rings. The Morgan fingerprint density at radius 2 is 2.05 bits per heavy atom. The molecule has 4 heteroatoms. The smallest absolute Gasteiger partial charge is 0.0934 e. The first kappa shape index (κ1) is 13.5. The van der Waals surface area contributed by atoms with Gasteiger partial charge in [-0.3, -0.25) is 9.97 Å². The van der Waals surface area contributed by atoms with Crippen molar-refractivity contribution in [1.82, 2.24) is 15.3 Å². The van der Waals surface area contributed by atoms with Crippen LogP contribution in [0.3, 0.4) is 0 Å². The number of hydrogen-bond donors (Lipinski definition) is 1. The van der Waals surface area contributed by atoms with E-state index in [0.717, 1.165) is 49.4 Å². The number of rotatable bonds is 4. The molecular formula is C16H21N3O. The van der Waals surface area contributed by atoms with Gasteiger partial charge in [-0.1, -0.05) is 12.1 Å². The molecule has 106 valence electrons. The van der Waals surface area contributed by atoms with Gasteiger partial charge in [-0.25, -0.2) is 0 Å². The maximum atomic E-state index is 5.45. The molecule has 1 saturated heterocycles. The van der Waals surface area contributed by atoms with Crippen LogP contribution in [0.15, 0.2) is 30.6 Å². The highest BCUT2D eigenvalue weighted by molar-refractivity contribution is 5.78. The number of hydrogen-bond acceptors (Lipinski definition) is 4. The van der Waals surface area contributed by atoms with Gasteiger partial charge in [0.2, 0.25) is 0 Å². The largest absolute Gasteiger partial charge is 0.381 e. The van der Waals surface area contributed by atoms with Crippen LogP contribution in [0.4, 0.5) is 0 Å². The minimum atomic E-state index is 0.332. The molecule has 20 heavy (non-hydrogen) atoms. The molecule has 0 spiro atoms. The predicted molar refractivity (Wildman–Crippen MR) is 79.5 cm³/mol. The molecule has 0 amide bonds. The van der Waals surface area contributed by atoms with Gasteiger partial charge in [-0.2, -0.15) is 0 Å². The normalized spacial score (nSPS) is 18.2. The Kier molecular flexibility index (Phi) is 4.23. The molecule has 2 heterocycles. The maximum absolute atomic E-state index is 5.45. The summed E-state index contributed by atoms with van der Waals surface area (Å²) in [5.41, 5.74) is 3.24. The number of para-hydroxylation sites is 1. The average molecular weight is 271 g/mol. The molecule has 4 nitrogen and oxygen atoms in total. The summed E-state index contributed by atoms with van der Waals surface area (Å²) in [6.07, 6.45) is 6.98. The van der Waals surface area contributed by atoms with Crippen LogP contribution in [-0.4, -0.2) is 30.2 Å². The molecule has 1 fully saturated rings. The third-order valence-electron chi connectivity index (χ3n) is 4.16. The van der Waals surface area contributed by atoms with Crippen molar-refractivity contribution in [2.24, 2.45) is 5.92 Å². The highest BCUT2D eigenvalue weighted by Gasteiger charge is 2.21. The summed E-state index contributed by atoms with van der Waals surface area (Å²) in [5.74, 6) is 0.730. The number of benzene rings is 1. The number of nitrogens with zero attached hydrogens (tertiary/aromatic N) is 2. The van der Waals surface area contributed by atoms with E-state index in [1.54, 1.807) is 12.4 Å². The minimum absolute atomic E-state index is 0.332. The lowest BCUT2D eigenvalue weighted by atomic mass is 9.89. The van der Waals surface area contributed by atoms with Crippen LogP contribution >= 0.6 is 0 Å². The fourth-order valence-electron chi connectivity index (χ4n) is 3.01. The van der Waals surface area contributed by atoms with Gasteiger partial charge >= 0.3 is 0 Å². The molecule has 0 saturated carbocycles. The van der Waals surface area contributed by atoms with Gasteiger partial charge in [-0.05, 0) is 43.9 Å². The van der Waals surface area contributed by atoms with E-state index in [1.807, 2.05) is 13.1 Å². The van der Waals surface area contributed by atoms with Gasteiger partial charge in [0.25, 0.3) is 0 Å². The van der Waals surface area contributed by atoms with Crippen molar-refractivity contribution in [3.8, 4) is 0 Å². The van der Waals surface area contributed by atoms with E-state index in [-0.39, 0.29) is 0 Å². The maximum Gasteiger partial charge on any atom is 0.0934 e. The molecule has 1 unspecified atom stereocenters. The lowest BCUT2D eigenvalue weighted by Crippen LogP contribution is -2.24. The van der Waals surface area contributed by atoms with Gasteiger partial charge in [0.15, 0.2) is 0 Å². The highest BCUT2D eigenvalue weighted by atomic mass is 16.5. The van der Waals surface area contributed by atoms with Crippen LogP contribution in [0.1, 0.15) is 30.9 Å². The Labute approximate surface area is 119 Å². The van der Waals surface area contributed by atoms with Gasteiger partial charge in [0.1, 0.15) is 0 Å². The van der Waals surface area contributed by atoms with Gasteiger partial charge < -0.3 is 10.1 Å². The summed E-state index contributed by atoms with van der Waals surface area (Å²) in [7, 11) is 2.03. The van der Waals surface area contributed by atoms with Gasteiger partial charge in [0.05, 0.1) is 11.0 Å². The molecular weight excluding hydrogens is 250 g/mol. The minimum Gasteiger partial charge on any atom is -0.381 e. The Bertz CT molecular complexity index is 561. The molecule has 1 aromatic carbocycles. The fourth-order valence-corrected chi connectivity index (χ4v) is 3.01. The monoisotopic (exact) mass is 271 g/mol. The van der Waals surface area contributed by atoms with Crippen molar-refractivity contribution < 1.29 is 4.74 Å². The van der Waals surface area contributed by atoms with Crippen LogP contribution in [-0.2, 0) is 4.74 Å². The van der Waals surface area contributed by atoms with Crippen molar-refractivity contribution in [2.75, 3.05) is 20.3 Å². The first-order valence-corrected chi connectivity index (χ1v) is 7.33. The SMILES string of the molecule is CNC(CC1CCOCC1)c1cccc2nccnc12. The third-order valence-corrected chi connectivity index (χ3v) is 4.16. The molecule has 0 bridgehead atoms. The summed E-state index contributed by atoms with van der Waals surface area (Å²) >= 11 is 0. The molecule has 0 radical (unpaired) electrons. The summed E-state index contributed by atoms with van der Waals surface area (Å²) in [4.78, 5) is 8.91. The van der Waals surface area contributed by atoms with E-state index in [2.05, 4.69) is 27.4 Å². The molecule has 1 N–H and O–H groups in total. The van der Waals surface area contributed by atoms with Crippen molar-refractivity contribution in [3.05, 3.63) is 36.2 Å². The topological polar surface area (TPSA) is 47.0 Å². The Balaban J connectivity index is 1.86. The summed E-state index contributed by atoms with van der Waals surface area (Å²) < 4.78 is 5.45. The number of aromatic nitrogens is 2. The zero-order chi connectivity index (χ0) is 13.8. The lowest BCUT2D eigenvalue weighted by molar-refractivity contribution is 0.0608. The molecule has 1 aliphatic rings. The molecule has 1 atom stereocenters. The van der Waals surface area contributed by atoms with Crippen molar-refractivity contribution in [1.29, 1.82) is 0 Å². The second-order valence-electron chi connectivity index (χ2n) is 5.40. The van der Waals surface area contributed by atoms with Gasteiger partial charge in [0, 0.05) is 31.6 Å². The summed E-state index contributed by atoms with van der Waals surface area (Å²) in [5, 5.41) is 3.45. The van der Waals surface area contributed by atoms with Crippen molar-refractivity contribution in [3.63, 3.8) is 0 Å². The van der Waals surface area contributed by atoms with Crippen LogP contribution in [0, 0.1) is 5.92 Å². The number of ether oxygens (including phenoxy) is 1. The zero-order valence-electron chi connectivity index (χ0n) is 11.9. The summed E-state index contributed by atoms with van der Waals surface area (Å²) in [6, 6.07) is 6.59. The number of fused-ring (bicyclic) bond motifs is 1. The van der Waals surface area contributed by atoms with E-state index >= 15 is 0 Å². The van der Waals surface area contributed by atoms with E-state index in [4.69, 9.17) is 4.74 Å². The molecule has 3 rings (SSSR count). The van der Waals surface area contributed by atoms with Crippen molar-refractivity contribution >= 4 is 11.0 Å². The lowest BCUT2D eigenvalue weighted by Gasteiger charge is -2.27. The summed E-state index contributed by atoms with van der Waals surface area (Å²) in [6.45, 7) is 1.80. The van der Waals surface area contributed by atoms with E-state index in [0.29, 0.717) is 6.04 Å². The Morgan fingerprint density at radius 3 is 2.85 bits per heavy atom. The third kappa shape index (κ3) is 2.81. The second-order valence-corrected chi connectivity index (χ2v) is 5.40. The van der Waals surface area contributed by atoms with Crippen LogP contribution in [0.5, 0.6) is 0 Å². The first-order valence-electron chi connectivity index (χ1n) is 7.33. The Hall–Kier alpha value is -1.52. The van der Waals surface area contributed by atoms with E-state index < -0.39 is 0 Å². The number of nitrogens with one attached hydrogen (secondary N) is 1. The van der Waals surface area contributed by atoms with E-state index in [1.165, 1.54) is 5.56 Å². The highest BCUT2D eigenvalue weighted by Crippen LogP contribution is 2.30. The standard InChI is InChI=1S/C16H21N3O/c1-17-15(11-12-5-9-20-10-6-12)13-3-2-4-14-16(13)19-8-7-18-14/h2-4,7-8,12,15,17H,5-6,9-11H2,1H3. The average Bonchev–Trinajstić information content (AvgIpc) is 2.53. The zero-order valence-corrected chi connectivity index (χ0v) is 11.9. The Morgan fingerprint density at radius 1 is 1.25 bits per heavy atom. The van der Waals surface area contributed by atoms with Crippen LogP contribution in [0.2, 0.25) is 0 Å². The molecule has 1 aromatic heterocycles. The van der Waals surface area contributed by atoms with Crippen molar-refractivity contribution in [2.45, 2.75) is 25.3 Å². The quantitative estimate of drug-likeness (QED) is 0.928. The second kappa shape index (κ2) is 6.29. The van der Waals surface area contributed by atoms with Crippen LogP contribution in [0.25, 0.3) is 11.0 Å². The predicted octanol–water partition coefficient (Wildman–Crippen LogP) is 2.71. The van der Waals surface area contributed by atoms with E-state index in [9.17, 15) is 0 Å². The molecule has 0 aliphatic carbocycles. The first-order chi connectivity index (χ1) is 9.88.